The summed E-state index contributed by atoms with van der Waals surface area (Å²) in [5.41, 5.74) is 0.206. The van der Waals surface area contributed by atoms with Crippen LogP contribution in [0.4, 0.5) is 4.39 Å². The van der Waals surface area contributed by atoms with Gasteiger partial charge in [0.25, 0.3) is 0 Å². The third kappa shape index (κ3) is 3.12. The maximum Gasteiger partial charge on any atom is 0.477 e. The summed E-state index contributed by atoms with van der Waals surface area (Å²) in [6, 6.07) is 6.33. The highest BCUT2D eigenvalue weighted by Gasteiger charge is 2.53. The Labute approximate surface area is 119 Å². The minimum Gasteiger partial charge on any atom is -0.402 e. The van der Waals surface area contributed by atoms with Crippen molar-refractivity contribution in [2.45, 2.75) is 50.6 Å². The van der Waals surface area contributed by atoms with E-state index in [0.29, 0.717) is 6.42 Å². The van der Waals surface area contributed by atoms with Gasteiger partial charge in [0.1, 0.15) is 5.82 Å². The molecule has 0 aromatic heterocycles. The lowest BCUT2D eigenvalue weighted by Gasteiger charge is -2.32. The van der Waals surface area contributed by atoms with Gasteiger partial charge in [-0.2, -0.15) is 0 Å². The molecule has 1 atom stereocenters. The largest absolute Gasteiger partial charge is 0.477 e. The summed E-state index contributed by atoms with van der Waals surface area (Å²) < 4.78 is 24.6. The number of halogens is 2. The molecule has 1 saturated heterocycles. The maximum atomic E-state index is 12.8. The molecular formula is C14H19BClFO2. The van der Waals surface area contributed by atoms with Crippen LogP contribution < -0.4 is 0 Å². The fourth-order valence-corrected chi connectivity index (χ4v) is 2.26. The van der Waals surface area contributed by atoms with Crippen molar-refractivity contribution in [3.63, 3.8) is 0 Å². The lowest BCUT2D eigenvalue weighted by molar-refractivity contribution is 0.00578. The highest BCUT2D eigenvalue weighted by molar-refractivity contribution is 6.60. The van der Waals surface area contributed by atoms with Crippen LogP contribution in [0.1, 0.15) is 33.3 Å². The topological polar surface area (TPSA) is 18.5 Å². The monoisotopic (exact) mass is 284 g/mol. The Morgan fingerprint density at radius 1 is 1.11 bits per heavy atom. The van der Waals surface area contributed by atoms with Gasteiger partial charge in [0.15, 0.2) is 0 Å². The first-order chi connectivity index (χ1) is 8.71. The molecule has 1 aliphatic heterocycles. The zero-order valence-electron chi connectivity index (χ0n) is 11.7. The highest BCUT2D eigenvalue weighted by atomic mass is 35.5. The summed E-state index contributed by atoms with van der Waals surface area (Å²) in [4.78, 5) is 0. The first-order valence-electron chi connectivity index (χ1n) is 6.45. The number of hydrogen-bond acceptors (Lipinski definition) is 2. The molecule has 0 radical (unpaired) electrons. The van der Waals surface area contributed by atoms with Gasteiger partial charge in [-0.25, -0.2) is 4.39 Å². The fraction of sp³-hybridized carbons (Fsp3) is 0.571. The van der Waals surface area contributed by atoms with Gasteiger partial charge in [0, 0.05) is 0 Å². The van der Waals surface area contributed by atoms with Crippen molar-refractivity contribution in [1.82, 2.24) is 0 Å². The fourth-order valence-electron chi connectivity index (χ4n) is 1.98. The molecule has 0 bridgehead atoms. The third-order valence-corrected chi connectivity index (χ3v) is 4.27. The summed E-state index contributed by atoms with van der Waals surface area (Å²) in [6.07, 6.45) is 0.582. The van der Waals surface area contributed by atoms with Crippen molar-refractivity contribution in [1.29, 1.82) is 0 Å². The van der Waals surface area contributed by atoms with E-state index < -0.39 is 7.12 Å². The zero-order valence-corrected chi connectivity index (χ0v) is 12.5. The molecular weight excluding hydrogens is 265 g/mol. The van der Waals surface area contributed by atoms with E-state index in [2.05, 4.69) is 0 Å². The quantitative estimate of drug-likeness (QED) is 0.623. The molecule has 1 aliphatic rings. The lowest BCUT2D eigenvalue weighted by Crippen LogP contribution is -2.41. The Kier molecular flexibility index (Phi) is 3.96. The van der Waals surface area contributed by atoms with Crippen LogP contribution in [0.25, 0.3) is 0 Å². The molecule has 1 fully saturated rings. The van der Waals surface area contributed by atoms with Crippen molar-refractivity contribution in [3.8, 4) is 0 Å². The Balaban J connectivity index is 2.02. The van der Waals surface area contributed by atoms with Gasteiger partial charge < -0.3 is 9.31 Å². The SMILES string of the molecule is CC1(C)OB(C(Cl)Cc2ccc(F)cc2)OC1(C)C. The highest BCUT2D eigenvalue weighted by Crippen LogP contribution is 2.38. The van der Waals surface area contributed by atoms with Crippen molar-refractivity contribution < 1.29 is 13.7 Å². The average molecular weight is 285 g/mol. The van der Waals surface area contributed by atoms with E-state index in [1.54, 1.807) is 12.1 Å². The predicted molar refractivity (Wildman–Crippen MR) is 75.8 cm³/mol. The van der Waals surface area contributed by atoms with Gasteiger partial charge in [0.05, 0.1) is 16.5 Å². The average Bonchev–Trinajstić information content (AvgIpc) is 2.51. The van der Waals surface area contributed by atoms with Gasteiger partial charge in [-0.05, 0) is 51.8 Å². The maximum absolute atomic E-state index is 12.8. The normalized spacial score (nSPS) is 22.5. The minimum absolute atomic E-state index is 0.245. The van der Waals surface area contributed by atoms with Crippen LogP contribution in [-0.4, -0.2) is 23.6 Å². The van der Waals surface area contributed by atoms with E-state index in [1.165, 1.54) is 12.1 Å². The molecule has 0 amide bonds. The molecule has 2 nitrogen and oxygen atoms in total. The summed E-state index contributed by atoms with van der Waals surface area (Å²) in [6.45, 7) is 7.98. The van der Waals surface area contributed by atoms with Gasteiger partial charge >= 0.3 is 7.12 Å². The molecule has 0 saturated carbocycles. The second-order valence-corrected chi connectivity index (χ2v) is 6.53. The van der Waals surface area contributed by atoms with Crippen LogP contribution in [0.2, 0.25) is 0 Å². The molecule has 104 valence electrons. The van der Waals surface area contributed by atoms with E-state index in [4.69, 9.17) is 20.9 Å². The number of alkyl halides is 1. The van der Waals surface area contributed by atoms with Gasteiger partial charge in [-0.3, -0.25) is 0 Å². The lowest BCUT2D eigenvalue weighted by atomic mass is 9.80. The summed E-state index contributed by atoms with van der Waals surface area (Å²) in [5, 5.41) is -0.300. The van der Waals surface area contributed by atoms with Crippen LogP contribution in [0.3, 0.4) is 0 Å². The van der Waals surface area contributed by atoms with E-state index in [-0.39, 0.29) is 22.3 Å². The van der Waals surface area contributed by atoms with Crippen LogP contribution in [-0.2, 0) is 15.7 Å². The number of rotatable bonds is 3. The molecule has 0 aliphatic carbocycles. The Morgan fingerprint density at radius 3 is 2.05 bits per heavy atom. The van der Waals surface area contributed by atoms with Crippen molar-refractivity contribution >= 4 is 18.7 Å². The van der Waals surface area contributed by atoms with E-state index in [9.17, 15) is 4.39 Å². The molecule has 0 spiro atoms. The molecule has 1 unspecified atom stereocenters. The van der Waals surface area contributed by atoms with Crippen molar-refractivity contribution in [2.24, 2.45) is 0 Å². The van der Waals surface area contributed by atoms with Crippen LogP contribution in [0.5, 0.6) is 0 Å². The second-order valence-electron chi connectivity index (χ2n) is 5.97. The smallest absolute Gasteiger partial charge is 0.402 e. The van der Waals surface area contributed by atoms with Crippen molar-refractivity contribution in [2.75, 3.05) is 0 Å². The third-order valence-electron chi connectivity index (χ3n) is 3.91. The van der Waals surface area contributed by atoms with Crippen LogP contribution in [0.15, 0.2) is 24.3 Å². The molecule has 2 rings (SSSR count). The first-order valence-corrected chi connectivity index (χ1v) is 6.89. The Bertz CT molecular complexity index is 431. The predicted octanol–water partition coefficient (Wildman–Crippen LogP) is 3.61. The van der Waals surface area contributed by atoms with Crippen molar-refractivity contribution in [3.05, 3.63) is 35.6 Å². The van der Waals surface area contributed by atoms with Gasteiger partial charge in [0.2, 0.25) is 0 Å². The number of benzene rings is 1. The van der Waals surface area contributed by atoms with Gasteiger partial charge in [-0.15, -0.1) is 11.6 Å². The molecule has 1 aromatic carbocycles. The zero-order chi connectivity index (χ0) is 14.3. The molecule has 1 aromatic rings. The standard InChI is InChI=1S/C14H19BClFO2/c1-13(2)14(3,4)19-15(18-13)12(16)9-10-5-7-11(17)8-6-10/h5-8,12H,9H2,1-4H3. The van der Waals surface area contributed by atoms with E-state index in [0.717, 1.165) is 5.56 Å². The van der Waals surface area contributed by atoms with E-state index >= 15 is 0 Å². The summed E-state index contributed by atoms with van der Waals surface area (Å²) in [5.74, 6) is -0.245. The summed E-state index contributed by atoms with van der Waals surface area (Å²) in [7, 11) is -0.447. The molecule has 19 heavy (non-hydrogen) atoms. The Hall–Kier alpha value is -0.575. The number of hydrogen-bond donors (Lipinski definition) is 0. The van der Waals surface area contributed by atoms with E-state index in [1.807, 2.05) is 27.7 Å². The molecule has 5 heteroatoms. The second kappa shape index (κ2) is 5.08. The first kappa shape index (κ1) is 14.8. The van der Waals surface area contributed by atoms with Gasteiger partial charge in [-0.1, -0.05) is 12.1 Å². The van der Waals surface area contributed by atoms with Crippen LogP contribution in [0, 0.1) is 5.82 Å². The minimum atomic E-state index is -0.447. The molecule has 0 N–H and O–H groups in total. The summed E-state index contributed by atoms with van der Waals surface area (Å²) >= 11 is 6.37. The Morgan fingerprint density at radius 2 is 1.58 bits per heavy atom. The molecule has 1 heterocycles. The van der Waals surface area contributed by atoms with Crippen LogP contribution >= 0.6 is 11.6 Å².